The van der Waals surface area contributed by atoms with Gasteiger partial charge < -0.3 is 9.84 Å². The molecule has 0 aliphatic carbocycles. The monoisotopic (exact) mass is 270 g/mol. The Labute approximate surface area is 117 Å². The van der Waals surface area contributed by atoms with Gasteiger partial charge in [0.05, 0.1) is 19.3 Å². The molecule has 0 aromatic heterocycles. The van der Waals surface area contributed by atoms with Crippen molar-refractivity contribution in [2.24, 2.45) is 0 Å². The lowest BCUT2D eigenvalue weighted by Gasteiger charge is -2.39. The van der Waals surface area contributed by atoms with E-state index in [0.29, 0.717) is 24.8 Å². The van der Waals surface area contributed by atoms with E-state index in [1.54, 1.807) is 0 Å². The first kappa shape index (κ1) is 15.2. The summed E-state index contributed by atoms with van der Waals surface area (Å²) in [6.07, 6.45) is 5.26. The van der Waals surface area contributed by atoms with Gasteiger partial charge in [-0.05, 0) is 33.2 Å². The highest BCUT2D eigenvalue weighted by atomic mass is 16.5. The van der Waals surface area contributed by atoms with Gasteiger partial charge in [-0.1, -0.05) is 12.8 Å². The predicted molar refractivity (Wildman–Crippen MR) is 77.4 cm³/mol. The van der Waals surface area contributed by atoms with Crippen LogP contribution in [0.3, 0.4) is 0 Å². The molecule has 4 nitrogen and oxygen atoms in total. The number of hydrogen-bond acceptors (Lipinski definition) is 4. The van der Waals surface area contributed by atoms with Crippen LogP contribution in [0.15, 0.2) is 0 Å². The molecule has 2 unspecified atom stereocenters. The molecule has 0 saturated carbocycles. The Kier molecular flexibility index (Phi) is 6.07. The predicted octanol–water partition coefficient (Wildman–Crippen LogP) is 1.33. The van der Waals surface area contributed by atoms with Crippen LogP contribution in [0.5, 0.6) is 0 Å². The van der Waals surface area contributed by atoms with Gasteiger partial charge in [0.15, 0.2) is 0 Å². The van der Waals surface area contributed by atoms with E-state index in [4.69, 9.17) is 4.74 Å². The second-order valence-electron chi connectivity index (χ2n) is 6.26. The standard InChI is InChI=1S/C15H30N2O2/c1-13(2)16-8-9-19-15(10-16)11-17-7-5-3-4-6-14(17)12-18/h13-15,18H,3-12H2,1-2H3. The Bertz CT molecular complexity index is 261. The fraction of sp³-hybridized carbons (Fsp3) is 1.00. The topological polar surface area (TPSA) is 35.9 Å². The van der Waals surface area contributed by atoms with Gasteiger partial charge in [-0.2, -0.15) is 0 Å². The Hall–Kier alpha value is -0.160. The summed E-state index contributed by atoms with van der Waals surface area (Å²) < 4.78 is 5.93. The van der Waals surface area contributed by atoms with Crippen LogP contribution in [0, 0.1) is 0 Å². The molecule has 2 fully saturated rings. The molecule has 2 saturated heterocycles. The molecule has 4 heteroatoms. The van der Waals surface area contributed by atoms with Crippen molar-refractivity contribution in [3.8, 4) is 0 Å². The third kappa shape index (κ3) is 4.42. The Morgan fingerprint density at radius 1 is 1.21 bits per heavy atom. The number of morpholine rings is 1. The summed E-state index contributed by atoms with van der Waals surface area (Å²) in [6.45, 7) is 9.84. The van der Waals surface area contributed by atoms with Crippen molar-refractivity contribution in [3.05, 3.63) is 0 Å². The molecule has 0 radical (unpaired) electrons. The van der Waals surface area contributed by atoms with Crippen molar-refractivity contribution >= 4 is 0 Å². The zero-order valence-corrected chi connectivity index (χ0v) is 12.6. The van der Waals surface area contributed by atoms with Crippen molar-refractivity contribution in [3.63, 3.8) is 0 Å². The van der Waals surface area contributed by atoms with E-state index in [0.717, 1.165) is 39.2 Å². The summed E-state index contributed by atoms with van der Waals surface area (Å²) in [5, 5.41) is 9.56. The normalized spacial score (nSPS) is 31.6. The molecule has 2 aliphatic rings. The highest BCUT2D eigenvalue weighted by Crippen LogP contribution is 2.18. The van der Waals surface area contributed by atoms with Crippen molar-refractivity contribution in [2.45, 2.75) is 57.7 Å². The average molecular weight is 270 g/mol. The van der Waals surface area contributed by atoms with Gasteiger partial charge in [0.1, 0.15) is 0 Å². The SMILES string of the molecule is CC(C)N1CCOC(CN2CCCCCC2CO)C1. The molecule has 112 valence electrons. The lowest BCUT2D eigenvalue weighted by molar-refractivity contribution is -0.0591. The number of aliphatic hydroxyl groups is 1. The first-order valence-electron chi connectivity index (χ1n) is 7.91. The van der Waals surface area contributed by atoms with E-state index in [1.165, 1.54) is 19.3 Å². The lowest BCUT2D eigenvalue weighted by Crippen LogP contribution is -2.51. The second-order valence-corrected chi connectivity index (χ2v) is 6.26. The maximum absolute atomic E-state index is 9.56. The van der Waals surface area contributed by atoms with E-state index in [1.807, 2.05) is 0 Å². The molecule has 1 N–H and O–H groups in total. The molecule has 0 bridgehead atoms. The lowest BCUT2D eigenvalue weighted by atomic mass is 10.1. The van der Waals surface area contributed by atoms with E-state index in [2.05, 4.69) is 23.6 Å². The summed E-state index contributed by atoms with van der Waals surface area (Å²) in [6, 6.07) is 0.949. The van der Waals surface area contributed by atoms with Crippen molar-refractivity contribution in [1.82, 2.24) is 9.80 Å². The van der Waals surface area contributed by atoms with Gasteiger partial charge in [0.2, 0.25) is 0 Å². The first-order chi connectivity index (χ1) is 9.20. The third-order valence-electron chi connectivity index (χ3n) is 4.55. The molecule has 2 aliphatic heterocycles. The zero-order valence-electron chi connectivity index (χ0n) is 12.6. The number of likely N-dealkylation sites (tertiary alicyclic amines) is 1. The number of hydrogen-bond donors (Lipinski definition) is 1. The van der Waals surface area contributed by atoms with E-state index < -0.39 is 0 Å². The summed E-state index contributed by atoms with van der Waals surface area (Å²) in [4.78, 5) is 4.96. The molecule has 2 rings (SSSR count). The second kappa shape index (κ2) is 7.58. The summed E-state index contributed by atoms with van der Waals surface area (Å²) in [7, 11) is 0. The molecule has 0 aromatic rings. The van der Waals surface area contributed by atoms with Crippen molar-refractivity contribution in [2.75, 3.05) is 39.4 Å². The van der Waals surface area contributed by atoms with Crippen LogP contribution in [0.25, 0.3) is 0 Å². The maximum atomic E-state index is 9.56. The summed E-state index contributed by atoms with van der Waals surface area (Å²) in [5.74, 6) is 0. The minimum absolute atomic E-state index is 0.292. The molecular weight excluding hydrogens is 240 g/mol. The molecule has 0 spiro atoms. The molecule has 19 heavy (non-hydrogen) atoms. The highest BCUT2D eigenvalue weighted by Gasteiger charge is 2.27. The quantitative estimate of drug-likeness (QED) is 0.836. The average Bonchev–Trinajstić information content (AvgIpc) is 2.64. The minimum Gasteiger partial charge on any atom is -0.395 e. The Morgan fingerprint density at radius 3 is 2.79 bits per heavy atom. The summed E-state index contributed by atoms with van der Waals surface area (Å²) >= 11 is 0. The molecular formula is C15H30N2O2. The van der Waals surface area contributed by atoms with Crippen molar-refractivity contribution < 1.29 is 9.84 Å². The zero-order chi connectivity index (χ0) is 13.7. The number of nitrogens with zero attached hydrogens (tertiary/aromatic N) is 2. The van der Waals surface area contributed by atoms with E-state index in [9.17, 15) is 5.11 Å². The van der Waals surface area contributed by atoms with Gasteiger partial charge in [-0.25, -0.2) is 0 Å². The van der Waals surface area contributed by atoms with Crippen LogP contribution in [0.4, 0.5) is 0 Å². The fourth-order valence-electron chi connectivity index (χ4n) is 3.27. The number of ether oxygens (including phenoxy) is 1. The smallest absolute Gasteiger partial charge is 0.0829 e. The van der Waals surface area contributed by atoms with E-state index in [-0.39, 0.29) is 0 Å². The highest BCUT2D eigenvalue weighted by molar-refractivity contribution is 4.81. The van der Waals surface area contributed by atoms with Crippen molar-refractivity contribution in [1.29, 1.82) is 0 Å². The van der Waals surface area contributed by atoms with Crippen LogP contribution in [-0.4, -0.2) is 72.5 Å². The molecule has 0 aromatic carbocycles. The van der Waals surface area contributed by atoms with Gasteiger partial charge in [0, 0.05) is 31.7 Å². The third-order valence-corrected chi connectivity index (χ3v) is 4.55. The van der Waals surface area contributed by atoms with Gasteiger partial charge >= 0.3 is 0 Å². The summed E-state index contributed by atoms with van der Waals surface area (Å²) in [5.41, 5.74) is 0. The van der Waals surface area contributed by atoms with Crippen LogP contribution in [-0.2, 0) is 4.74 Å². The van der Waals surface area contributed by atoms with Gasteiger partial charge in [-0.3, -0.25) is 9.80 Å². The minimum atomic E-state index is 0.292. The molecule has 2 atom stereocenters. The molecule has 2 heterocycles. The first-order valence-corrected chi connectivity index (χ1v) is 7.91. The van der Waals surface area contributed by atoms with Crippen LogP contribution >= 0.6 is 0 Å². The van der Waals surface area contributed by atoms with Gasteiger partial charge in [0.25, 0.3) is 0 Å². The van der Waals surface area contributed by atoms with Gasteiger partial charge in [-0.15, -0.1) is 0 Å². The van der Waals surface area contributed by atoms with E-state index >= 15 is 0 Å². The largest absolute Gasteiger partial charge is 0.395 e. The maximum Gasteiger partial charge on any atom is 0.0829 e. The Balaban J connectivity index is 1.87. The van der Waals surface area contributed by atoms with Crippen LogP contribution in [0.2, 0.25) is 0 Å². The fourth-order valence-corrected chi connectivity index (χ4v) is 3.27. The van der Waals surface area contributed by atoms with Crippen LogP contribution < -0.4 is 0 Å². The Morgan fingerprint density at radius 2 is 2.05 bits per heavy atom. The van der Waals surface area contributed by atoms with Crippen LogP contribution in [0.1, 0.15) is 39.5 Å². The number of rotatable bonds is 4. The molecule has 0 amide bonds. The number of aliphatic hydroxyl groups excluding tert-OH is 1.